The zero-order valence-corrected chi connectivity index (χ0v) is 19.4. The van der Waals surface area contributed by atoms with Crippen LogP contribution in [0.4, 0.5) is 0 Å². The number of furan rings is 1. The molecule has 0 aromatic carbocycles. The van der Waals surface area contributed by atoms with Gasteiger partial charge >= 0.3 is 0 Å². The highest BCUT2D eigenvalue weighted by Crippen LogP contribution is 2.37. The number of aliphatic imine (C=N–C) groups is 1. The highest BCUT2D eigenvalue weighted by atomic mass is 127. The van der Waals surface area contributed by atoms with Gasteiger partial charge in [-0.2, -0.15) is 0 Å². The Morgan fingerprint density at radius 1 is 1.17 bits per heavy atom. The standard InChI is InChI=1S/C21H33N3O4.HI/c1-2-8-21(9-3-1)27-16-19(28-21)14-24-20(23-13-17-7-12-25-15-17)22-10-6-18-5-4-11-26-18;/h4-5,11,17,19H,1-3,6-10,12-16H2,(H2,22,23,24);1H. The lowest BCUT2D eigenvalue weighted by atomic mass is 9.94. The Kier molecular flexibility index (Phi) is 9.08. The first-order valence-electron chi connectivity index (χ1n) is 10.8. The highest BCUT2D eigenvalue weighted by Gasteiger charge is 2.42. The summed E-state index contributed by atoms with van der Waals surface area (Å²) in [6.07, 6.45) is 9.43. The Bertz CT molecular complexity index is 613. The quantitative estimate of drug-likeness (QED) is 0.328. The minimum Gasteiger partial charge on any atom is -0.469 e. The molecule has 1 aromatic rings. The first-order chi connectivity index (χ1) is 13.8. The molecule has 3 aliphatic rings. The predicted octanol–water partition coefficient (Wildman–Crippen LogP) is 3.09. The van der Waals surface area contributed by atoms with E-state index in [1.54, 1.807) is 6.26 Å². The molecule has 1 aromatic heterocycles. The molecule has 3 fully saturated rings. The van der Waals surface area contributed by atoms with E-state index >= 15 is 0 Å². The van der Waals surface area contributed by atoms with Crippen LogP contribution in [0.5, 0.6) is 0 Å². The van der Waals surface area contributed by atoms with Gasteiger partial charge in [-0.25, -0.2) is 0 Å². The second-order valence-corrected chi connectivity index (χ2v) is 8.08. The number of guanidine groups is 1. The van der Waals surface area contributed by atoms with Gasteiger partial charge in [0.1, 0.15) is 11.9 Å². The largest absolute Gasteiger partial charge is 0.469 e. The van der Waals surface area contributed by atoms with Crippen LogP contribution in [-0.4, -0.2) is 57.3 Å². The van der Waals surface area contributed by atoms with E-state index in [-0.39, 0.29) is 35.9 Å². The molecule has 164 valence electrons. The third-order valence-corrected chi connectivity index (χ3v) is 5.80. The van der Waals surface area contributed by atoms with Gasteiger partial charge in [0.15, 0.2) is 11.7 Å². The van der Waals surface area contributed by atoms with Crippen LogP contribution in [0.1, 0.15) is 44.3 Å². The van der Waals surface area contributed by atoms with Crippen molar-refractivity contribution in [2.75, 3.05) is 39.5 Å². The molecule has 1 spiro atoms. The van der Waals surface area contributed by atoms with Gasteiger partial charge in [0, 0.05) is 51.4 Å². The molecule has 0 radical (unpaired) electrons. The SMILES string of the molecule is I.c1coc(CCNC(=NCC2CCOC2)NCC2COC3(CCCCC3)O2)c1. The van der Waals surface area contributed by atoms with E-state index in [1.807, 2.05) is 12.1 Å². The van der Waals surface area contributed by atoms with E-state index in [0.717, 1.165) is 63.7 Å². The van der Waals surface area contributed by atoms with Gasteiger partial charge < -0.3 is 29.3 Å². The van der Waals surface area contributed by atoms with Crippen molar-refractivity contribution in [1.82, 2.24) is 10.6 Å². The molecule has 2 aliphatic heterocycles. The molecule has 2 atom stereocenters. The fourth-order valence-corrected chi connectivity index (χ4v) is 4.16. The number of ether oxygens (including phenoxy) is 3. The van der Waals surface area contributed by atoms with Crippen molar-refractivity contribution >= 4 is 29.9 Å². The molecule has 2 saturated heterocycles. The molecule has 4 rings (SSSR count). The summed E-state index contributed by atoms with van der Waals surface area (Å²) in [5.74, 6) is 1.99. The van der Waals surface area contributed by atoms with Crippen molar-refractivity contribution < 1.29 is 18.6 Å². The number of nitrogens with one attached hydrogen (secondary N) is 2. The van der Waals surface area contributed by atoms with Crippen LogP contribution in [-0.2, 0) is 20.6 Å². The van der Waals surface area contributed by atoms with E-state index in [4.69, 9.17) is 23.6 Å². The Balaban J connectivity index is 0.00000240. The van der Waals surface area contributed by atoms with Crippen LogP contribution in [0.2, 0.25) is 0 Å². The van der Waals surface area contributed by atoms with Gasteiger partial charge in [-0.15, -0.1) is 24.0 Å². The van der Waals surface area contributed by atoms with Gasteiger partial charge in [0.2, 0.25) is 0 Å². The first kappa shape index (κ1) is 22.8. The molecule has 29 heavy (non-hydrogen) atoms. The van der Waals surface area contributed by atoms with Gasteiger partial charge in [0.25, 0.3) is 0 Å². The second kappa shape index (κ2) is 11.5. The van der Waals surface area contributed by atoms with Gasteiger partial charge in [-0.05, 0) is 31.4 Å². The van der Waals surface area contributed by atoms with Crippen LogP contribution in [0.15, 0.2) is 27.8 Å². The van der Waals surface area contributed by atoms with E-state index in [9.17, 15) is 0 Å². The summed E-state index contributed by atoms with van der Waals surface area (Å²) in [6.45, 7) is 4.57. The van der Waals surface area contributed by atoms with E-state index in [1.165, 1.54) is 19.3 Å². The van der Waals surface area contributed by atoms with E-state index < -0.39 is 0 Å². The van der Waals surface area contributed by atoms with Crippen molar-refractivity contribution in [2.24, 2.45) is 10.9 Å². The van der Waals surface area contributed by atoms with Crippen LogP contribution in [0.3, 0.4) is 0 Å². The van der Waals surface area contributed by atoms with Crippen molar-refractivity contribution in [2.45, 2.75) is 56.8 Å². The Morgan fingerprint density at radius 3 is 2.83 bits per heavy atom. The summed E-state index contributed by atoms with van der Waals surface area (Å²) in [4.78, 5) is 4.78. The summed E-state index contributed by atoms with van der Waals surface area (Å²) < 4.78 is 23.2. The maximum absolute atomic E-state index is 6.28. The minimum absolute atomic E-state index is 0. The summed E-state index contributed by atoms with van der Waals surface area (Å²) in [5, 5.41) is 6.87. The van der Waals surface area contributed by atoms with Crippen LogP contribution < -0.4 is 10.6 Å². The molecular formula is C21H34IN3O4. The maximum Gasteiger partial charge on any atom is 0.191 e. The van der Waals surface area contributed by atoms with Gasteiger partial charge in [-0.3, -0.25) is 4.99 Å². The normalized spacial score (nSPS) is 26.4. The van der Waals surface area contributed by atoms with Crippen LogP contribution in [0, 0.1) is 5.92 Å². The lowest BCUT2D eigenvalue weighted by Gasteiger charge is -2.31. The summed E-state index contributed by atoms with van der Waals surface area (Å²) >= 11 is 0. The molecule has 1 aliphatic carbocycles. The average molecular weight is 519 g/mol. The predicted molar refractivity (Wildman–Crippen MR) is 122 cm³/mol. The third-order valence-electron chi connectivity index (χ3n) is 5.80. The van der Waals surface area contributed by atoms with Crippen molar-refractivity contribution in [3.8, 4) is 0 Å². The molecule has 7 nitrogen and oxygen atoms in total. The fraction of sp³-hybridized carbons (Fsp3) is 0.762. The molecule has 1 saturated carbocycles. The zero-order chi connectivity index (χ0) is 19.1. The van der Waals surface area contributed by atoms with Crippen LogP contribution in [0.25, 0.3) is 0 Å². The molecule has 0 amide bonds. The Hall–Kier alpha value is -0.840. The lowest BCUT2D eigenvalue weighted by molar-refractivity contribution is -0.186. The van der Waals surface area contributed by atoms with Crippen molar-refractivity contribution in [3.05, 3.63) is 24.2 Å². The summed E-state index contributed by atoms with van der Waals surface area (Å²) in [5.41, 5.74) is 0. The van der Waals surface area contributed by atoms with E-state index in [2.05, 4.69) is 10.6 Å². The molecule has 2 N–H and O–H groups in total. The summed E-state index contributed by atoms with van der Waals surface area (Å²) in [7, 11) is 0. The number of rotatable bonds is 7. The molecule has 2 unspecified atom stereocenters. The molecular weight excluding hydrogens is 485 g/mol. The first-order valence-corrected chi connectivity index (χ1v) is 10.8. The topological polar surface area (TPSA) is 77.3 Å². The maximum atomic E-state index is 6.28. The fourth-order valence-electron chi connectivity index (χ4n) is 4.16. The molecule has 3 heterocycles. The van der Waals surface area contributed by atoms with Crippen LogP contribution >= 0.6 is 24.0 Å². The number of nitrogens with zero attached hydrogens (tertiary/aromatic N) is 1. The minimum atomic E-state index is -0.324. The second-order valence-electron chi connectivity index (χ2n) is 8.08. The molecule has 0 bridgehead atoms. The van der Waals surface area contributed by atoms with Crippen molar-refractivity contribution in [3.63, 3.8) is 0 Å². The smallest absolute Gasteiger partial charge is 0.191 e. The third kappa shape index (κ3) is 6.83. The van der Waals surface area contributed by atoms with E-state index in [0.29, 0.717) is 19.1 Å². The van der Waals surface area contributed by atoms with Gasteiger partial charge in [-0.1, -0.05) is 6.42 Å². The number of hydrogen-bond acceptors (Lipinski definition) is 5. The number of hydrogen-bond donors (Lipinski definition) is 2. The highest BCUT2D eigenvalue weighted by molar-refractivity contribution is 14.0. The Morgan fingerprint density at radius 2 is 2.07 bits per heavy atom. The Labute approximate surface area is 190 Å². The van der Waals surface area contributed by atoms with Gasteiger partial charge in [0.05, 0.1) is 19.5 Å². The monoisotopic (exact) mass is 519 g/mol. The summed E-state index contributed by atoms with van der Waals surface area (Å²) in [6, 6.07) is 3.91. The molecule has 8 heteroatoms. The zero-order valence-electron chi connectivity index (χ0n) is 17.1. The van der Waals surface area contributed by atoms with Crippen molar-refractivity contribution in [1.29, 1.82) is 0 Å². The average Bonchev–Trinajstić information content (AvgIpc) is 3.47. The lowest BCUT2D eigenvalue weighted by Crippen LogP contribution is -2.43. The number of halogens is 1.